The van der Waals surface area contributed by atoms with Crippen molar-refractivity contribution in [3.8, 4) is 0 Å². The highest BCUT2D eigenvalue weighted by Crippen LogP contribution is 2.09. The van der Waals surface area contributed by atoms with Crippen molar-refractivity contribution in [1.82, 2.24) is 0 Å². The molecule has 0 bridgehead atoms. The molecule has 0 saturated heterocycles. The van der Waals surface area contributed by atoms with Gasteiger partial charge in [0, 0.05) is 5.54 Å². The summed E-state index contributed by atoms with van der Waals surface area (Å²) in [4.78, 5) is 0.625. The summed E-state index contributed by atoms with van der Waals surface area (Å²) in [7, 11) is 0. The molecule has 4 heteroatoms. The Bertz CT molecular complexity index is 319. The fourth-order valence-electron chi connectivity index (χ4n) is 0.776. The Morgan fingerprint density at radius 2 is 2.00 bits per heavy atom. The molecule has 2 nitrogen and oxygen atoms in total. The van der Waals surface area contributed by atoms with E-state index >= 15 is 0 Å². The monoisotopic (exact) mass is 216 g/mol. The second-order valence-corrected chi connectivity index (χ2v) is 3.79. The van der Waals surface area contributed by atoms with E-state index in [2.05, 4.69) is 0 Å². The topological polar surface area (TPSA) is 26.3 Å². The SMILES string of the molecule is Cc1ccc(S(=O)O/C=C/Cl)cc1. The molecule has 0 fully saturated rings. The Balaban J connectivity index is 2.72. The third-order valence-corrected chi connectivity index (χ3v) is 2.45. The lowest BCUT2D eigenvalue weighted by Gasteiger charge is -1.99. The minimum atomic E-state index is -1.46. The quantitative estimate of drug-likeness (QED) is 0.727. The summed E-state index contributed by atoms with van der Waals surface area (Å²) in [5.41, 5.74) is 2.29. The Hall–Kier alpha value is -0.800. The molecule has 13 heavy (non-hydrogen) atoms. The van der Waals surface area contributed by atoms with E-state index < -0.39 is 11.1 Å². The molecule has 0 N–H and O–H groups in total. The Morgan fingerprint density at radius 1 is 1.38 bits per heavy atom. The van der Waals surface area contributed by atoms with Crippen molar-refractivity contribution in [2.24, 2.45) is 0 Å². The number of rotatable bonds is 3. The van der Waals surface area contributed by atoms with Crippen LogP contribution in [0.15, 0.2) is 41.0 Å². The van der Waals surface area contributed by atoms with Crippen molar-refractivity contribution >= 4 is 22.7 Å². The smallest absolute Gasteiger partial charge is 0.240 e. The summed E-state index contributed by atoms with van der Waals surface area (Å²) < 4.78 is 16.1. The predicted molar refractivity (Wildman–Crippen MR) is 53.7 cm³/mol. The van der Waals surface area contributed by atoms with Crippen LogP contribution in [0.5, 0.6) is 0 Å². The molecule has 0 heterocycles. The predicted octanol–water partition coefficient (Wildman–Crippen LogP) is 2.74. The van der Waals surface area contributed by atoms with Crippen LogP contribution in [-0.2, 0) is 15.3 Å². The third-order valence-electron chi connectivity index (χ3n) is 1.41. The van der Waals surface area contributed by atoms with Gasteiger partial charge in [-0.15, -0.1) is 0 Å². The maximum Gasteiger partial charge on any atom is 0.240 e. The Morgan fingerprint density at radius 3 is 2.54 bits per heavy atom. The van der Waals surface area contributed by atoms with Gasteiger partial charge in [0.15, 0.2) is 0 Å². The molecule has 1 rings (SSSR count). The van der Waals surface area contributed by atoms with E-state index in [4.69, 9.17) is 15.8 Å². The lowest BCUT2D eigenvalue weighted by atomic mass is 10.2. The van der Waals surface area contributed by atoms with E-state index in [1.807, 2.05) is 19.1 Å². The third kappa shape index (κ3) is 3.20. The van der Waals surface area contributed by atoms with Gasteiger partial charge in [0.1, 0.15) is 6.26 Å². The molecule has 0 saturated carbocycles. The largest absolute Gasteiger partial charge is 0.404 e. The highest BCUT2D eigenvalue weighted by Gasteiger charge is 2.01. The van der Waals surface area contributed by atoms with Crippen molar-refractivity contribution in [2.45, 2.75) is 11.8 Å². The fraction of sp³-hybridized carbons (Fsp3) is 0.111. The molecule has 0 aliphatic carbocycles. The molecule has 70 valence electrons. The maximum absolute atomic E-state index is 11.3. The van der Waals surface area contributed by atoms with E-state index in [0.717, 1.165) is 5.56 Å². The van der Waals surface area contributed by atoms with Crippen molar-refractivity contribution in [1.29, 1.82) is 0 Å². The van der Waals surface area contributed by atoms with Crippen LogP contribution in [0.4, 0.5) is 0 Å². The van der Waals surface area contributed by atoms with Crippen molar-refractivity contribution in [2.75, 3.05) is 0 Å². The van der Waals surface area contributed by atoms with Crippen molar-refractivity contribution in [3.05, 3.63) is 41.6 Å². The maximum atomic E-state index is 11.3. The number of aryl methyl sites for hydroxylation is 1. The molecular weight excluding hydrogens is 208 g/mol. The van der Waals surface area contributed by atoms with Gasteiger partial charge in [-0.1, -0.05) is 29.3 Å². The second kappa shape index (κ2) is 5.04. The van der Waals surface area contributed by atoms with Gasteiger partial charge in [0.25, 0.3) is 0 Å². The van der Waals surface area contributed by atoms with Gasteiger partial charge < -0.3 is 4.18 Å². The Kier molecular flexibility index (Phi) is 3.99. The summed E-state index contributed by atoms with van der Waals surface area (Å²) in [6.07, 6.45) is 1.19. The summed E-state index contributed by atoms with van der Waals surface area (Å²) >= 11 is 3.76. The van der Waals surface area contributed by atoms with Crippen molar-refractivity contribution < 1.29 is 8.39 Å². The zero-order valence-corrected chi connectivity index (χ0v) is 8.64. The molecule has 1 unspecified atom stereocenters. The molecule has 0 aliphatic rings. The summed E-state index contributed by atoms with van der Waals surface area (Å²) in [6, 6.07) is 7.27. The molecule has 0 spiro atoms. The molecule has 0 aromatic heterocycles. The minimum Gasteiger partial charge on any atom is -0.404 e. The van der Waals surface area contributed by atoms with Gasteiger partial charge in [-0.25, -0.2) is 4.21 Å². The van der Waals surface area contributed by atoms with E-state index in [-0.39, 0.29) is 0 Å². The van der Waals surface area contributed by atoms with E-state index in [9.17, 15) is 4.21 Å². The summed E-state index contributed by atoms with van der Waals surface area (Å²) in [5, 5.41) is 0. The van der Waals surface area contributed by atoms with Gasteiger partial charge in [-0.2, -0.15) is 0 Å². The van der Waals surface area contributed by atoms with Crippen LogP contribution in [0, 0.1) is 6.92 Å². The Labute approximate surface area is 84.8 Å². The average molecular weight is 217 g/mol. The lowest BCUT2D eigenvalue weighted by Crippen LogP contribution is -1.91. The van der Waals surface area contributed by atoms with Gasteiger partial charge in [-0.05, 0) is 19.1 Å². The van der Waals surface area contributed by atoms with Gasteiger partial charge in [0.2, 0.25) is 11.1 Å². The lowest BCUT2D eigenvalue weighted by molar-refractivity contribution is 0.506. The van der Waals surface area contributed by atoms with Crippen LogP contribution < -0.4 is 0 Å². The number of halogens is 1. The first-order valence-electron chi connectivity index (χ1n) is 3.65. The van der Waals surface area contributed by atoms with E-state index in [1.165, 1.54) is 11.8 Å². The highest BCUT2D eigenvalue weighted by atomic mass is 35.5. The zero-order chi connectivity index (χ0) is 9.68. The van der Waals surface area contributed by atoms with Crippen LogP contribution >= 0.6 is 11.6 Å². The standard InChI is InChI=1S/C9H9ClO2S/c1-8-2-4-9(5-3-8)13(11)12-7-6-10/h2-7H,1H3/b7-6+. The van der Waals surface area contributed by atoms with Gasteiger partial charge in [0.05, 0.1) is 4.90 Å². The molecule has 1 aromatic rings. The second-order valence-electron chi connectivity index (χ2n) is 2.41. The van der Waals surface area contributed by atoms with Crippen LogP contribution in [-0.4, -0.2) is 4.21 Å². The van der Waals surface area contributed by atoms with Crippen LogP contribution in [0.3, 0.4) is 0 Å². The molecule has 0 radical (unpaired) electrons. The van der Waals surface area contributed by atoms with Crippen LogP contribution in [0.25, 0.3) is 0 Å². The van der Waals surface area contributed by atoms with E-state index in [0.29, 0.717) is 4.90 Å². The first-order chi connectivity index (χ1) is 6.24. The molecule has 0 amide bonds. The summed E-state index contributed by atoms with van der Waals surface area (Å²) in [6.45, 7) is 1.96. The molecular formula is C9H9ClO2S. The summed E-state index contributed by atoms with van der Waals surface area (Å²) in [5.74, 6) is 0. The van der Waals surface area contributed by atoms with Crippen LogP contribution in [0.1, 0.15) is 5.56 Å². The van der Waals surface area contributed by atoms with Gasteiger partial charge in [-0.3, -0.25) is 0 Å². The van der Waals surface area contributed by atoms with Gasteiger partial charge >= 0.3 is 0 Å². The number of hydrogen-bond acceptors (Lipinski definition) is 2. The molecule has 0 aliphatic heterocycles. The minimum absolute atomic E-state index is 0.625. The zero-order valence-electron chi connectivity index (χ0n) is 7.07. The highest BCUT2D eigenvalue weighted by molar-refractivity contribution is 7.80. The van der Waals surface area contributed by atoms with E-state index in [1.54, 1.807) is 12.1 Å². The molecule has 1 aromatic carbocycles. The average Bonchev–Trinajstić information content (AvgIpc) is 2.15. The normalized spacial score (nSPS) is 13.1. The number of hydrogen-bond donors (Lipinski definition) is 0. The molecule has 1 atom stereocenters. The first kappa shape index (κ1) is 10.3. The number of benzene rings is 1. The fourth-order valence-corrected chi connectivity index (χ4v) is 1.51. The van der Waals surface area contributed by atoms with Crippen molar-refractivity contribution in [3.63, 3.8) is 0 Å². The first-order valence-corrected chi connectivity index (χ1v) is 5.16. The van der Waals surface area contributed by atoms with Crippen LogP contribution in [0.2, 0.25) is 0 Å².